The number of anilines is 1. The summed E-state index contributed by atoms with van der Waals surface area (Å²) in [5, 5.41) is 13.7. The maximum Gasteiger partial charge on any atom is 0.346 e. The SMILES string of the molecule is CCOC(=O)C1=c2c(=Cc3cccs3)c(N)c(C#N)n2C(=O)C(c2cccs2)S1. The average Bonchev–Trinajstić information content (AvgIpc) is 3.45. The number of carbonyl (C=O) groups is 2. The van der Waals surface area contributed by atoms with Crippen molar-refractivity contribution in [2.24, 2.45) is 0 Å². The molecule has 0 saturated heterocycles. The van der Waals surface area contributed by atoms with Crippen LogP contribution in [0.2, 0.25) is 0 Å². The lowest BCUT2D eigenvalue weighted by molar-refractivity contribution is -0.135. The summed E-state index contributed by atoms with van der Waals surface area (Å²) in [6.07, 6.45) is 1.80. The van der Waals surface area contributed by atoms with Gasteiger partial charge in [0.1, 0.15) is 16.2 Å². The van der Waals surface area contributed by atoms with E-state index in [1.54, 1.807) is 13.0 Å². The Kier molecular flexibility index (Phi) is 5.32. The van der Waals surface area contributed by atoms with E-state index in [0.29, 0.717) is 10.6 Å². The van der Waals surface area contributed by atoms with E-state index in [4.69, 9.17) is 10.5 Å². The first-order valence-corrected chi connectivity index (χ1v) is 11.3. The second-order valence-electron chi connectivity index (χ2n) is 6.03. The van der Waals surface area contributed by atoms with Crippen LogP contribution < -0.4 is 16.3 Å². The Labute approximate surface area is 178 Å². The lowest BCUT2D eigenvalue weighted by Gasteiger charge is -2.21. The molecular formula is C20H15N3O3S3. The largest absolute Gasteiger partial charge is 0.462 e. The molecule has 9 heteroatoms. The van der Waals surface area contributed by atoms with Crippen LogP contribution in [0, 0.1) is 11.3 Å². The van der Waals surface area contributed by atoms with Crippen molar-refractivity contribution < 1.29 is 14.3 Å². The Morgan fingerprint density at radius 1 is 1.34 bits per heavy atom. The van der Waals surface area contributed by atoms with Crippen molar-refractivity contribution in [2.45, 2.75) is 12.2 Å². The third-order valence-electron chi connectivity index (χ3n) is 4.34. The number of aromatic nitrogens is 1. The van der Waals surface area contributed by atoms with Crippen LogP contribution >= 0.6 is 34.4 Å². The maximum atomic E-state index is 13.4. The van der Waals surface area contributed by atoms with Crippen LogP contribution in [0.3, 0.4) is 0 Å². The van der Waals surface area contributed by atoms with Crippen LogP contribution in [0.1, 0.15) is 32.4 Å². The fraction of sp³-hybridized carbons (Fsp3) is 0.150. The molecule has 0 fully saturated rings. The molecule has 0 bridgehead atoms. The first-order chi connectivity index (χ1) is 14.1. The minimum atomic E-state index is -0.643. The van der Waals surface area contributed by atoms with Gasteiger partial charge < -0.3 is 10.5 Å². The minimum Gasteiger partial charge on any atom is -0.462 e. The molecule has 146 valence electrons. The number of nitriles is 1. The first kappa shape index (κ1) is 19.5. The maximum absolute atomic E-state index is 13.4. The Morgan fingerprint density at radius 2 is 2.10 bits per heavy atom. The average molecular weight is 442 g/mol. The number of rotatable bonds is 4. The summed E-state index contributed by atoms with van der Waals surface area (Å²) in [6, 6.07) is 9.52. The molecule has 4 heterocycles. The second kappa shape index (κ2) is 7.91. The van der Waals surface area contributed by atoms with Gasteiger partial charge >= 0.3 is 5.97 Å². The van der Waals surface area contributed by atoms with Crippen molar-refractivity contribution in [2.75, 3.05) is 12.3 Å². The van der Waals surface area contributed by atoms with E-state index in [1.165, 1.54) is 27.2 Å². The van der Waals surface area contributed by atoms with Crippen molar-refractivity contribution >= 4 is 63.0 Å². The van der Waals surface area contributed by atoms with E-state index < -0.39 is 11.2 Å². The molecule has 0 radical (unpaired) electrons. The fourth-order valence-electron chi connectivity index (χ4n) is 3.13. The van der Waals surface area contributed by atoms with E-state index >= 15 is 0 Å². The zero-order valence-corrected chi connectivity index (χ0v) is 17.7. The zero-order chi connectivity index (χ0) is 20.5. The molecule has 0 saturated carbocycles. The van der Waals surface area contributed by atoms with Crippen molar-refractivity contribution in [3.63, 3.8) is 0 Å². The number of nitrogen functional groups attached to an aromatic ring is 1. The molecule has 6 nitrogen and oxygen atoms in total. The number of hydrogen-bond acceptors (Lipinski definition) is 8. The van der Waals surface area contributed by atoms with Crippen molar-refractivity contribution in [3.05, 3.63) is 61.0 Å². The molecule has 0 amide bonds. The van der Waals surface area contributed by atoms with E-state index in [9.17, 15) is 14.9 Å². The van der Waals surface area contributed by atoms with E-state index in [-0.39, 0.29) is 28.8 Å². The number of nitrogens with zero attached hydrogens (tertiary/aromatic N) is 2. The van der Waals surface area contributed by atoms with E-state index in [0.717, 1.165) is 21.5 Å². The molecule has 1 atom stereocenters. The topological polar surface area (TPSA) is 98.1 Å². The highest BCUT2D eigenvalue weighted by atomic mass is 32.2. The predicted molar refractivity (Wildman–Crippen MR) is 116 cm³/mol. The van der Waals surface area contributed by atoms with Gasteiger partial charge in [0.2, 0.25) is 0 Å². The molecule has 3 aromatic rings. The van der Waals surface area contributed by atoms with Crippen molar-refractivity contribution in [1.29, 1.82) is 5.26 Å². The van der Waals surface area contributed by atoms with Gasteiger partial charge in [0, 0.05) is 15.0 Å². The predicted octanol–water partition coefficient (Wildman–Crippen LogP) is 2.69. The molecular weight excluding hydrogens is 426 g/mol. The lowest BCUT2D eigenvalue weighted by atomic mass is 10.2. The highest BCUT2D eigenvalue weighted by Gasteiger charge is 2.37. The first-order valence-electron chi connectivity index (χ1n) is 8.68. The number of thioether (sulfide) groups is 1. The van der Waals surface area contributed by atoms with Crippen LogP contribution in [-0.2, 0) is 9.53 Å². The summed E-state index contributed by atoms with van der Waals surface area (Å²) < 4.78 is 6.54. The van der Waals surface area contributed by atoms with Crippen LogP contribution in [0.15, 0.2) is 35.0 Å². The summed E-state index contributed by atoms with van der Waals surface area (Å²) in [5.74, 6) is -0.829. The minimum absolute atomic E-state index is 0.0384. The molecule has 1 aliphatic rings. The fourth-order valence-corrected chi connectivity index (χ4v) is 5.90. The van der Waals surface area contributed by atoms with Crippen molar-refractivity contribution in [3.8, 4) is 6.07 Å². The molecule has 2 N–H and O–H groups in total. The summed E-state index contributed by atoms with van der Waals surface area (Å²) in [6.45, 7) is 1.92. The standard InChI is InChI=1S/C20H15N3O3S3/c1-2-26-20(25)18-16-12(9-11-5-3-7-27-11)15(22)13(10-21)23(16)19(24)17(29-18)14-6-4-8-28-14/h3-9,17H,2,22H2,1H3. The van der Waals surface area contributed by atoms with Gasteiger partial charge in [-0.15, -0.1) is 22.7 Å². The molecule has 29 heavy (non-hydrogen) atoms. The van der Waals surface area contributed by atoms with Gasteiger partial charge in [0.15, 0.2) is 5.69 Å². The quantitative estimate of drug-likeness (QED) is 0.625. The number of nitrogens with two attached hydrogens (primary N) is 1. The van der Waals surface area contributed by atoms with E-state index in [2.05, 4.69) is 0 Å². The Hall–Kier alpha value is -2.80. The number of esters is 1. The Bertz CT molecular complexity index is 1250. The second-order valence-corrected chi connectivity index (χ2v) is 9.11. The Morgan fingerprint density at radius 3 is 2.72 bits per heavy atom. The smallest absolute Gasteiger partial charge is 0.346 e. The molecule has 0 aliphatic carbocycles. The third kappa shape index (κ3) is 3.29. The number of thiophene rings is 2. The molecule has 1 aliphatic heterocycles. The zero-order valence-electron chi connectivity index (χ0n) is 15.2. The highest BCUT2D eigenvalue weighted by molar-refractivity contribution is 8.10. The number of fused-ring (bicyclic) bond motifs is 1. The summed E-state index contributed by atoms with van der Waals surface area (Å²) in [7, 11) is 0. The summed E-state index contributed by atoms with van der Waals surface area (Å²) in [5.41, 5.74) is 6.50. The molecule has 4 rings (SSSR count). The monoisotopic (exact) mass is 441 g/mol. The lowest BCUT2D eigenvalue weighted by Crippen LogP contribution is -2.42. The number of hydrogen-bond donors (Lipinski definition) is 1. The van der Waals surface area contributed by atoms with Gasteiger partial charge in [-0.1, -0.05) is 23.9 Å². The Balaban J connectivity index is 2.09. The van der Waals surface area contributed by atoms with Gasteiger partial charge in [-0.2, -0.15) is 5.26 Å². The van der Waals surface area contributed by atoms with Crippen LogP contribution in [-0.4, -0.2) is 23.1 Å². The summed E-state index contributed by atoms with van der Waals surface area (Å²) >= 11 is 4.06. The van der Waals surface area contributed by atoms with Crippen molar-refractivity contribution in [1.82, 2.24) is 4.57 Å². The highest BCUT2D eigenvalue weighted by Crippen LogP contribution is 2.41. The number of carbonyl (C=O) groups excluding carboxylic acids is 2. The van der Waals surface area contributed by atoms with Gasteiger partial charge in [-0.25, -0.2) is 4.79 Å². The van der Waals surface area contributed by atoms with Crippen LogP contribution in [0.25, 0.3) is 11.0 Å². The molecule has 3 aromatic heterocycles. The van der Waals surface area contributed by atoms with Gasteiger partial charge in [-0.3, -0.25) is 9.36 Å². The van der Waals surface area contributed by atoms with Gasteiger partial charge in [0.05, 0.1) is 17.6 Å². The van der Waals surface area contributed by atoms with Gasteiger partial charge in [-0.05, 0) is 35.9 Å². The molecule has 0 spiro atoms. The summed E-state index contributed by atoms with van der Waals surface area (Å²) in [4.78, 5) is 28.1. The molecule has 1 unspecified atom stereocenters. The van der Waals surface area contributed by atoms with E-state index in [1.807, 2.05) is 41.1 Å². The normalized spacial score (nSPS) is 16.6. The third-order valence-corrected chi connectivity index (χ3v) is 7.53. The van der Waals surface area contributed by atoms with Gasteiger partial charge in [0.25, 0.3) is 5.91 Å². The molecule has 0 aromatic carbocycles. The van der Waals surface area contributed by atoms with Crippen LogP contribution in [0.4, 0.5) is 5.69 Å². The van der Waals surface area contributed by atoms with Crippen LogP contribution in [0.5, 0.6) is 0 Å². The number of ether oxygens (including phenoxy) is 1.